The number of aryl methyl sites for hydroxylation is 1. The number of carbonyl (C=O) groups is 2. The van der Waals surface area contributed by atoms with E-state index in [0.29, 0.717) is 17.9 Å². The zero-order valence-electron chi connectivity index (χ0n) is 21.1. The molecule has 12 heteroatoms. The van der Waals surface area contributed by atoms with Crippen molar-refractivity contribution in [2.45, 2.75) is 49.7 Å². The molecule has 1 aliphatic heterocycles. The molecule has 0 saturated carbocycles. The molecule has 3 atom stereocenters. The van der Waals surface area contributed by atoms with Crippen LogP contribution in [-0.2, 0) is 25.6 Å². The van der Waals surface area contributed by atoms with Gasteiger partial charge in [-0.25, -0.2) is 4.79 Å². The largest absolute Gasteiger partial charge is 0.465 e. The molecule has 0 bridgehead atoms. The summed E-state index contributed by atoms with van der Waals surface area (Å²) in [6.45, 7) is 3.63. The smallest absolute Gasteiger partial charge is 0.325 e. The second kappa shape index (κ2) is 13.7. The van der Waals surface area contributed by atoms with E-state index < -0.39 is 18.3 Å². The predicted octanol–water partition coefficient (Wildman–Crippen LogP) is 4.36. The fourth-order valence-electron chi connectivity index (χ4n) is 3.83. The van der Waals surface area contributed by atoms with Crippen molar-refractivity contribution in [3.05, 3.63) is 70.2 Å². The fourth-order valence-corrected chi connectivity index (χ4v) is 5.69. The number of hydrogen-bond acceptors (Lipinski definition) is 10. The van der Waals surface area contributed by atoms with E-state index >= 15 is 0 Å². The number of esters is 1. The van der Waals surface area contributed by atoms with E-state index in [1.54, 1.807) is 48.2 Å². The number of amides is 2. The average Bonchev–Trinajstić information content (AvgIpc) is 3.36. The van der Waals surface area contributed by atoms with Crippen LogP contribution >= 0.6 is 23.1 Å². The molecular weight excluding hydrogens is 528 g/mol. The summed E-state index contributed by atoms with van der Waals surface area (Å²) in [5, 5.41) is 23.8. The Bertz CT molecular complexity index is 1220. The van der Waals surface area contributed by atoms with E-state index in [9.17, 15) is 14.7 Å². The number of hydrogen-bond donors (Lipinski definition) is 3. The second-order valence-corrected chi connectivity index (χ2v) is 10.9. The van der Waals surface area contributed by atoms with Crippen LogP contribution in [0.5, 0.6) is 0 Å². The monoisotopic (exact) mass is 558 g/mol. The van der Waals surface area contributed by atoms with Gasteiger partial charge < -0.3 is 30.0 Å². The molecule has 2 heterocycles. The van der Waals surface area contributed by atoms with Gasteiger partial charge in [0.2, 0.25) is 0 Å². The Labute approximate surface area is 229 Å². The first-order valence-corrected chi connectivity index (χ1v) is 14.0. The van der Waals surface area contributed by atoms with E-state index in [4.69, 9.17) is 14.2 Å². The summed E-state index contributed by atoms with van der Waals surface area (Å²) in [5.41, 5.74) is 3.09. The Morgan fingerprint density at radius 2 is 1.97 bits per heavy atom. The summed E-state index contributed by atoms with van der Waals surface area (Å²) >= 11 is 3.15. The SMILES string of the molecule is CCOC(=O)CNC(=O)Nc1cccc([C@H]2O[C@@H](CSc3nnc(C)s3)C[C@@H](c3ccc(CO)cc3)O2)c1. The minimum absolute atomic E-state index is 0.0226. The third kappa shape index (κ3) is 7.98. The Kier molecular flexibility index (Phi) is 10.1. The van der Waals surface area contributed by atoms with Gasteiger partial charge in [-0.2, -0.15) is 0 Å². The number of ether oxygens (including phenoxy) is 3. The molecule has 3 N–H and O–H groups in total. The van der Waals surface area contributed by atoms with Gasteiger partial charge in [-0.05, 0) is 37.1 Å². The van der Waals surface area contributed by atoms with Crippen LogP contribution in [0.3, 0.4) is 0 Å². The van der Waals surface area contributed by atoms with Crippen molar-refractivity contribution in [1.29, 1.82) is 0 Å². The van der Waals surface area contributed by atoms with Crippen molar-refractivity contribution in [3.63, 3.8) is 0 Å². The van der Waals surface area contributed by atoms with Crippen molar-refractivity contribution in [2.75, 3.05) is 24.2 Å². The number of thioether (sulfide) groups is 1. The third-order valence-corrected chi connectivity index (χ3v) is 7.73. The number of aliphatic hydroxyl groups is 1. The Hall–Kier alpha value is -3.03. The van der Waals surface area contributed by atoms with E-state index in [1.165, 1.54) is 0 Å². The van der Waals surface area contributed by atoms with Gasteiger partial charge in [0.1, 0.15) is 11.6 Å². The lowest BCUT2D eigenvalue weighted by Gasteiger charge is -2.36. The van der Waals surface area contributed by atoms with Gasteiger partial charge >= 0.3 is 12.0 Å². The number of urea groups is 1. The van der Waals surface area contributed by atoms with Gasteiger partial charge in [-0.1, -0.05) is 59.5 Å². The number of anilines is 1. The van der Waals surface area contributed by atoms with E-state index in [-0.39, 0.29) is 32.0 Å². The molecule has 0 spiro atoms. The molecule has 38 heavy (non-hydrogen) atoms. The number of nitrogens with one attached hydrogen (secondary N) is 2. The van der Waals surface area contributed by atoms with Gasteiger partial charge in [-0.15, -0.1) is 10.2 Å². The lowest BCUT2D eigenvalue weighted by molar-refractivity contribution is -0.245. The number of aromatic nitrogens is 2. The molecule has 4 rings (SSSR count). The highest BCUT2D eigenvalue weighted by Gasteiger charge is 2.32. The highest BCUT2D eigenvalue weighted by atomic mass is 32.2. The number of carbonyl (C=O) groups excluding carboxylic acids is 2. The maximum atomic E-state index is 12.2. The summed E-state index contributed by atoms with van der Waals surface area (Å²) in [6, 6.07) is 14.4. The first-order valence-electron chi connectivity index (χ1n) is 12.2. The molecule has 1 fully saturated rings. The van der Waals surface area contributed by atoms with Crippen molar-refractivity contribution in [1.82, 2.24) is 15.5 Å². The van der Waals surface area contributed by atoms with Gasteiger partial charge in [0.05, 0.1) is 25.4 Å². The molecule has 0 unspecified atom stereocenters. The van der Waals surface area contributed by atoms with Gasteiger partial charge in [0, 0.05) is 23.4 Å². The number of nitrogens with zero attached hydrogens (tertiary/aromatic N) is 2. The second-order valence-electron chi connectivity index (χ2n) is 8.49. The zero-order chi connectivity index (χ0) is 26.9. The highest BCUT2D eigenvalue weighted by Crippen LogP contribution is 2.40. The van der Waals surface area contributed by atoms with Crippen molar-refractivity contribution < 1.29 is 28.9 Å². The van der Waals surface area contributed by atoms with Crippen LogP contribution in [0.15, 0.2) is 52.9 Å². The van der Waals surface area contributed by atoms with Crippen molar-refractivity contribution in [2.24, 2.45) is 0 Å². The van der Waals surface area contributed by atoms with Crippen LogP contribution in [-0.4, -0.2) is 52.3 Å². The summed E-state index contributed by atoms with van der Waals surface area (Å²) in [7, 11) is 0. The minimum atomic E-state index is -0.669. The molecule has 2 aromatic carbocycles. The number of aliphatic hydroxyl groups excluding tert-OH is 1. The molecule has 10 nitrogen and oxygen atoms in total. The minimum Gasteiger partial charge on any atom is -0.465 e. The molecule has 3 aromatic rings. The summed E-state index contributed by atoms with van der Waals surface area (Å²) in [6.07, 6.45) is -0.381. The maximum Gasteiger partial charge on any atom is 0.325 e. The normalized spacial score (nSPS) is 19.1. The molecule has 1 aliphatic rings. The van der Waals surface area contributed by atoms with Crippen LogP contribution in [0.4, 0.5) is 10.5 Å². The summed E-state index contributed by atoms with van der Waals surface area (Å²) in [4.78, 5) is 23.7. The van der Waals surface area contributed by atoms with Gasteiger partial charge in [0.25, 0.3) is 0 Å². The first-order chi connectivity index (χ1) is 18.4. The molecule has 202 valence electrons. The molecule has 0 radical (unpaired) electrons. The highest BCUT2D eigenvalue weighted by molar-refractivity contribution is 8.01. The van der Waals surface area contributed by atoms with Crippen molar-refractivity contribution in [3.8, 4) is 0 Å². The number of benzene rings is 2. The average molecular weight is 559 g/mol. The Morgan fingerprint density at radius 3 is 2.68 bits per heavy atom. The summed E-state index contributed by atoms with van der Waals surface area (Å²) < 4.78 is 18.4. The van der Waals surface area contributed by atoms with E-state index in [1.807, 2.05) is 37.3 Å². The lowest BCUT2D eigenvalue weighted by Crippen LogP contribution is -2.34. The number of rotatable bonds is 10. The summed E-state index contributed by atoms with van der Waals surface area (Å²) in [5.74, 6) is 0.166. The lowest BCUT2D eigenvalue weighted by atomic mass is 10.0. The zero-order valence-corrected chi connectivity index (χ0v) is 22.7. The topological polar surface area (TPSA) is 132 Å². The molecule has 1 aromatic heterocycles. The quantitative estimate of drug-likeness (QED) is 0.245. The van der Waals surface area contributed by atoms with E-state index in [0.717, 1.165) is 26.0 Å². The fraction of sp³-hybridized carbons (Fsp3) is 0.385. The van der Waals surface area contributed by atoms with E-state index in [2.05, 4.69) is 20.8 Å². The van der Waals surface area contributed by atoms with Crippen LogP contribution < -0.4 is 10.6 Å². The molecule has 2 amide bonds. The van der Waals surface area contributed by atoms with Gasteiger partial charge in [0.15, 0.2) is 10.6 Å². The van der Waals surface area contributed by atoms with Crippen LogP contribution in [0.2, 0.25) is 0 Å². The van der Waals surface area contributed by atoms with Gasteiger partial charge in [-0.3, -0.25) is 4.79 Å². The maximum absolute atomic E-state index is 12.2. The molecular formula is C26H30N4O6S2. The standard InChI is InChI=1S/C26H30N4O6S2/c1-3-34-23(32)13-27-25(33)28-20-6-4-5-19(11-20)24-35-21(15-37-26-30-29-16(2)38-26)12-22(36-24)18-9-7-17(14-31)8-10-18/h4-11,21-22,24,31H,3,12-15H2,1-2H3,(H2,27,28,33)/t21-,22+,24+/m1/s1. The van der Waals surface area contributed by atoms with Crippen molar-refractivity contribution >= 4 is 40.8 Å². The molecule has 1 saturated heterocycles. The Morgan fingerprint density at radius 1 is 1.16 bits per heavy atom. The third-order valence-electron chi connectivity index (χ3n) is 5.63. The Balaban J connectivity index is 1.47. The van der Waals surface area contributed by atoms with Crippen LogP contribution in [0.1, 0.15) is 47.4 Å². The first kappa shape index (κ1) is 28.0. The molecule has 0 aliphatic carbocycles. The van der Waals surface area contributed by atoms with Crippen LogP contribution in [0.25, 0.3) is 0 Å². The van der Waals surface area contributed by atoms with Crippen LogP contribution in [0, 0.1) is 6.92 Å². The predicted molar refractivity (Wildman–Crippen MR) is 144 cm³/mol.